The third kappa shape index (κ3) is 13.8. The fourth-order valence-corrected chi connectivity index (χ4v) is 3.23. The summed E-state index contributed by atoms with van der Waals surface area (Å²) in [6, 6.07) is 4.49. The van der Waals surface area contributed by atoms with Gasteiger partial charge in [0.25, 0.3) is 15.8 Å². The van der Waals surface area contributed by atoms with E-state index >= 15 is 0 Å². The number of rotatable bonds is 14. The maximum absolute atomic E-state index is 11.6. The van der Waals surface area contributed by atoms with Crippen molar-refractivity contribution in [2.45, 2.75) is 23.8 Å². The Labute approximate surface area is 206 Å². The smallest absolute Gasteiger partial charge is 0.406 e. The van der Waals surface area contributed by atoms with Gasteiger partial charge in [0.15, 0.2) is 0 Å². The van der Waals surface area contributed by atoms with Crippen molar-refractivity contribution >= 4 is 45.7 Å². The number of nitrogens with one attached hydrogen (secondary N) is 2. The lowest BCUT2D eigenvalue weighted by Crippen LogP contribution is -2.50. The number of aliphatic imine (C=N–C) groups is 1. The van der Waals surface area contributed by atoms with Gasteiger partial charge < -0.3 is 31.1 Å². The molecular formula is C18H31N5O10S2. The highest BCUT2D eigenvalue weighted by Gasteiger charge is 2.20. The molecule has 0 spiro atoms. The number of benzene rings is 1. The summed E-state index contributed by atoms with van der Waals surface area (Å²) in [5.41, 5.74) is 5.77. The van der Waals surface area contributed by atoms with Crippen molar-refractivity contribution in [2.24, 2.45) is 10.7 Å². The molecule has 0 aliphatic rings. The van der Waals surface area contributed by atoms with Crippen LogP contribution < -0.4 is 16.5 Å². The largest absolute Gasteiger partial charge is 0.453 e. The number of nitro benzene ring substituents is 1. The molecule has 0 aliphatic heterocycles. The van der Waals surface area contributed by atoms with Crippen molar-refractivity contribution in [3.63, 3.8) is 0 Å². The Balaban J connectivity index is 0.00000124. The van der Waals surface area contributed by atoms with Crippen LogP contribution in [0.1, 0.15) is 13.3 Å². The molecule has 0 saturated carbocycles. The van der Waals surface area contributed by atoms with Crippen molar-refractivity contribution in [3.05, 3.63) is 28.3 Å². The molecule has 0 aliphatic carbocycles. The number of carbonyl (C=O) groups excluding carboxylic acids is 1. The number of nitrogens with two attached hydrogens (primary N) is 1. The summed E-state index contributed by atoms with van der Waals surface area (Å²) in [4.78, 5) is 26.0. The minimum atomic E-state index is -4.00. The van der Waals surface area contributed by atoms with Gasteiger partial charge in [-0.15, -0.1) is 11.8 Å². The average Bonchev–Trinajstić information content (AvgIpc) is 2.84. The quantitative estimate of drug-likeness (QED) is 0.0580. The van der Waals surface area contributed by atoms with Crippen LogP contribution in [0.3, 0.4) is 0 Å². The summed E-state index contributed by atoms with van der Waals surface area (Å²) in [6.45, 7) is 0.593. The molecule has 0 fully saturated rings. The summed E-state index contributed by atoms with van der Waals surface area (Å²) in [5.74, 6) is 0.340. The summed E-state index contributed by atoms with van der Waals surface area (Å²) in [6.07, 6.45) is 1.06. The number of methoxy groups -OCH3 is 1. The van der Waals surface area contributed by atoms with E-state index in [9.17, 15) is 23.3 Å². The van der Waals surface area contributed by atoms with Crippen LogP contribution in [0, 0.1) is 10.1 Å². The lowest BCUT2D eigenvalue weighted by atomic mass is 10.1. The number of hydrogen-bond acceptors (Lipinski definition) is 13. The van der Waals surface area contributed by atoms with E-state index in [0.29, 0.717) is 0 Å². The molecule has 1 rings (SSSR count). The number of alkyl carbamates (subject to hydrolysis) is 1. The van der Waals surface area contributed by atoms with Gasteiger partial charge in [0.2, 0.25) is 0 Å². The van der Waals surface area contributed by atoms with Gasteiger partial charge in [-0.1, -0.05) is 6.92 Å². The summed E-state index contributed by atoms with van der Waals surface area (Å²) >= 11 is 1.52. The predicted molar refractivity (Wildman–Crippen MR) is 129 cm³/mol. The number of hydroxylamine groups is 1. The van der Waals surface area contributed by atoms with E-state index in [0.717, 1.165) is 30.5 Å². The second kappa shape index (κ2) is 17.0. The van der Waals surface area contributed by atoms with Gasteiger partial charge in [-0.05, 0) is 24.3 Å². The fraction of sp³-hybridized carbons (Fsp3) is 0.556. The zero-order chi connectivity index (χ0) is 26.9. The Morgan fingerprint density at radius 1 is 1.31 bits per heavy atom. The maximum atomic E-state index is 11.6. The number of thioether (sulfide) groups is 1. The number of nitro groups is 1. The molecule has 7 N–H and O–H groups in total. The molecule has 0 saturated heterocycles. The van der Waals surface area contributed by atoms with Gasteiger partial charge >= 0.3 is 6.09 Å². The van der Waals surface area contributed by atoms with E-state index in [1.807, 2.05) is 12.4 Å². The number of hydrogen-bond donors (Lipinski definition) is 6. The van der Waals surface area contributed by atoms with Crippen LogP contribution in [-0.4, -0.2) is 91.6 Å². The normalized spacial score (nSPS) is 11.5. The van der Waals surface area contributed by atoms with Crippen LogP contribution in [0.5, 0.6) is 0 Å². The van der Waals surface area contributed by atoms with Crippen molar-refractivity contribution in [1.29, 1.82) is 0 Å². The molecule has 0 aromatic heterocycles. The van der Waals surface area contributed by atoms with Crippen molar-refractivity contribution < 1.29 is 42.5 Å². The molecular weight excluding hydrogens is 510 g/mol. The molecule has 35 heavy (non-hydrogen) atoms. The zero-order valence-corrected chi connectivity index (χ0v) is 20.9. The van der Waals surface area contributed by atoms with Crippen molar-refractivity contribution in [2.75, 3.05) is 45.0 Å². The first-order valence-corrected chi connectivity index (χ1v) is 12.6. The number of aliphatic hydroxyl groups excluding tert-OH is 3. The van der Waals surface area contributed by atoms with E-state index in [-0.39, 0.29) is 17.9 Å². The second-order valence-corrected chi connectivity index (χ2v) is 9.59. The lowest BCUT2D eigenvalue weighted by Gasteiger charge is -2.20. The summed E-state index contributed by atoms with van der Waals surface area (Å²) < 4.78 is 32.0. The van der Waals surface area contributed by atoms with Gasteiger partial charge in [0.1, 0.15) is 12.0 Å². The monoisotopic (exact) mass is 541 g/mol. The molecule has 200 valence electrons. The van der Waals surface area contributed by atoms with E-state index in [2.05, 4.69) is 19.3 Å². The Hall–Kier alpha value is -2.54. The van der Waals surface area contributed by atoms with Crippen LogP contribution in [0.15, 0.2) is 28.1 Å². The average molecular weight is 542 g/mol. The number of carbonyl (C=O) groups is 1. The maximum Gasteiger partial charge on any atom is 0.406 e. The number of amides is 1. The zero-order valence-electron chi connectivity index (χ0n) is 19.2. The van der Waals surface area contributed by atoms with Crippen molar-refractivity contribution in [1.82, 2.24) is 10.8 Å². The SMILES string of the molecule is CCCSc1ccc([N+](=O)[O-])c(N=CNOS(=O)(=O)CCNC(=O)OC)c1.NC(CO)(CO)CO. The minimum absolute atomic E-state index is 0.0574. The second-order valence-electron chi connectivity index (χ2n) is 6.73. The van der Waals surface area contributed by atoms with Gasteiger partial charge in [-0.2, -0.15) is 12.7 Å². The van der Waals surface area contributed by atoms with Crippen molar-refractivity contribution in [3.8, 4) is 0 Å². The highest BCUT2D eigenvalue weighted by molar-refractivity contribution is 7.99. The molecule has 1 aromatic carbocycles. The predicted octanol–water partition coefficient (Wildman–Crippen LogP) is -0.375. The topological polar surface area (TPSA) is 236 Å². The van der Waals surface area contributed by atoms with Crippen LogP contribution in [-0.2, 0) is 19.1 Å². The van der Waals surface area contributed by atoms with Gasteiger partial charge in [0.05, 0.1) is 43.1 Å². The molecule has 0 bridgehead atoms. The summed E-state index contributed by atoms with van der Waals surface area (Å²) in [7, 11) is -2.85. The highest BCUT2D eigenvalue weighted by atomic mass is 32.2. The van der Waals surface area contributed by atoms with Gasteiger partial charge in [-0.3, -0.25) is 10.1 Å². The third-order valence-electron chi connectivity index (χ3n) is 3.80. The third-order valence-corrected chi connectivity index (χ3v) is 6.05. The molecule has 0 atom stereocenters. The lowest BCUT2D eigenvalue weighted by molar-refractivity contribution is -0.384. The van der Waals surface area contributed by atoms with Crippen LogP contribution in [0.4, 0.5) is 16.2 Å². The number of aliphatic hydroxyl groups is 3. The summed E-state index contributed by atoms with van der Waals surface area (Å²) in [5, 5.41) is 38.3. The molecule has 17 heteroatoms. The number of ether oxygens (including phenoxy) is 1. The standard InChI is InChI=1S/C14H20N4O7S2.C4H11NO3/c1-3-7-26-11-4-5-13(18(20)21)12(9-11)16-10-17-25-27(22,23)8-6-15-14(19)24-2;5-4(1-6,2-7)3-8/h4-5,9-10H,3,6-8H2,1-2H3,(H,15,19)(H,16,17);6-8H,1-3,5H2. The molecule has 0 heterocycles. The molecule has 1 amide bonds. The first-order valence-electron chi connectivity index (χ1n) is 10.0. The molecule has 1 aromatic rings. The Morgan fingerprint density at radius 3 is 2.43 bits per heavy atom. The van der Waals surface area contributed by atoms with E-state index in [4.69, 9.17) is 21.1 Å². The number of nitrogens with zero attached hydrogens (tertiary/aromatic N) is 2. The van der Waals surface area contributed by atoms with Crippen LogP contribution in [0.2, 0.25) is 0 Å². The van der Waals surface area contributed by atoms with E-state index < -0.39 is 52.2 Å². The molecule has 0 unspecified atom stereocenters. The van der Waals surface area contributed by atoms with Gasteiger partial charge in [0, 0.05) is 17.5 Å². The highest BCUT2D eigenvalue weighted by Crippen LogP contribution is 2.32. The minimum Gasteiger partial charge on any atom is -0.453 e. The Kier molecular flexibility index (Phi) is 15.7. The fourth-order valence-electron chi connectivity index (χ4n) is 1.80. The first kappa shape index (κ1) is 32.5. The van der Waals surface area contributed by atoms with Crippen LogP contribution >= 0.6 is 11.8 Å². The Bertz CT molecular complexity index is 918. The van der Waals surface area contributed by atoms with E-state index in [1.165, 1.54) is 23.9 Å². The van der Waals surface area contributed by atoms with Crippen LogP contribution in [0.25, 0.3) is 0 Å². The first-order chi connectivity index (χ1) is 16.5. The van der Waals surface area contributed by atoms with Gasteiger partial charge in [-0.25, -0.2) is 15.3 Å². The van der Waals surface area contributed by atoms with E-state index in [1.54, 1.807) is 6.07 Å². The molecule has 0 radical (unpaired) electrons. The Morgan fingerprint density at radius 2 is 1.94 bits per heavy atom. The molecule has 15 nitrogen and oxygen atoms in total.